The maximum absolute atomic E-state index is 13.7. The van der Waals surface area contributed by atoms with Crippen LogP contribution in [0.3, 0.4) is 0 Å². The molecule has 1 atom stereocenters. The first-order valence-corrected chi connectivity index (χ1v) is 17.3. The molecule has 2 aromatic heterocycles. The highest BCUT2D eigenvalue weighted by Crippen LogP contribution is 2.39. The Bertz CT molecular complexity index is 2070. The second kappa shape index (κ2) is 15.0. The van der Waals surface area contributed by atoms with Gasteiger partial charge in [0, 0.05) is 48.9 Å². The standard InChI is InChI=1S/C38H39N5O6S/c1-5-8-24-14-28-19-39-31-18-34(33(48-4)17-30(31)38(47)43(28)20-23(24)6-2)49-12-7-9-36(45)40-27-16-32(42(3)21-27)37(46)41-26-10-11-35-25(13-26)15-29(22-44)50-35/h5,8,10-11,13,15-19,21-22,28H,6-7,9,12,14,20H2,1-4H3,(H,40,45)(H,41,46)/b8-5-. The lowest BCUT2D eigenvalue weighted by Crippen LogP contribution is -2.44. The molecule has 0 saturated carbocycles. The van der Waals surface area contributed by atoms with Gasteiger partial charge < -0.3 is 29.6 Å². The quantitative estimate of drug-likeness (QED) is 0.118. The number of rotatable bonds is 12. The summed E-state index contributed by atoms with van der Waals surface area (Å²) in [5.74, 6) is 0.218. The number of carbonyl (C=O) groups excluding carboxylic acids is 4. The van der Waals surface area contributed by atoms with Gasteiger partial charge in [-0.2, -0.15) is 0 Å². The molecule has 0 saturated heterocycles. The number of aliphatic imine (C=N–C) groups is 1. The Labute approximate surface area is 294 Å². The normalized spacial score (nSPS) is 15.6. The number of nitrogens with one attached hydrogen (secondary N) is 2. The summed E-state index contributed by atoms with van der Waals surface area (Å²) in [6, 6.07) is 12.1. The van der Waals surface area contributed by atoms with Gasteiger partial charge in [0.2, 0.25) is 5.91 Å². The Balaban J connectivity index is 1.04. The number of aryl methyl sites for hydroxylation is 1. The number of aldehydes is 1. The largest absolute Gasteiger partial charge is 0.493 e. The van der Waals surface area contributed by atoms with E-state index in [0.717, 1.165) is 22.8 Å². The molecule has 2 aliphatic rings. The van der Waals surface area contributed by atoms with E-state index in [1.807, 2.05) is 36.2 Å². The highest BCUT2D eigenvalue weighted by Gasteiger charge is 2.33. The first-order valence-electron chi connectivity index (χ1n) is 16.5. The van der Waals surface area contributed by atoms with Crippen molar-refractivity contribution >= 4 is 68.7 Å². The molecule has 6 rings (SSSR count). The lowest BCUT2D eigenvalue weighted by atomic mass is 9.92. The molecule has 2 aromatic carbocycles. The van der Waals surface area contributed by atoms with Gasteiger partial charge >= 0.3 is 0 Å². The number of carbonyl (C=O) groups is 4. The summed E-state index contributed by atoms with van der Waals surface area (Å²) < 4.78 is 14.2. The number of aromatic nitrogens is 1. The van der Waals surface area contributed by atoms with Crippen LogP contribution in [-0.2, 0) is 11.8 Å². The molecule has 0 bridgehead atoms. The van der Waals surface area contributed by atoms with E-state index in [0.29, 0.717) is 64.1 Å². The van der Waals surface area contributed by atoms with Crippen molar-refractivity contribution in [3.8, 4) is 11.5 Å². The van der Waals surface area contributed by atoms with Gasteiger partial charge in [0.15, 0.2) is 17.8 Å². The summed E-state index contributed by atoms with van der Waals surface area (Å²) in [7, 11) is 3.26. The third kappa shape index (κ3) is 7.25. The second-order valence-electron chi connectivity index (χ2n) is 12.2. The zero-order chi connectivity index (χ0) is 35.4. The third-order valence-corrected chi connectivity index (χ3v) is 9.88. The lowest BCUT2D eigenvalue weighted by molar-refractivity contribution is -0.116. The van der Waals surface area contributed by atoms with E-state index < -0.39 is 0 Å². The molecule has 50 heavy (non-hydrogen) atoms. The average Bonchev–Trinajstić information content (AvgIpc) is 3.67. The maximum Gasteiger partial charge on any atom is 0.272 e. The Morgan fingerprint density at radius 2 is 1.94 bits per heavy atom. The third-order valence-electron chi connectivity index (χ3n) is 8.83. The van der Waals surface area contributed by atoms with E-state index in [2.05, 4.69) is 23.6 Å². The van der Waals surface area contributed by atoms with Crippen LogP contribution in [0.5, 0.6) is 11.5 Å². The molecule has 0 aliphatic carbocycles. The van der Waals surface area contributed by atoms with Crippen LogP contribution in [0.4, 0.5) is 17.1 Å². The summed E-state index contributed by atoms with van der Waals surface area (Å²) in [4.78, 5) is 57.8. The summed E-state index contributed by atoms with van der Waals surface area (Å²) in [5.41, 5.74) is 4.96. The number of allylic oxidation sites excluding steroid dienone is 2. The summed E-state index contributed by atoms with van der Waals surface area (Å²) in [5, 5.41) is 6.61. The highest BCUT2D eigenvalue weighted by atomic mass is 32.1. The second-order valence-corrected chi connectivity index (χ2v) is 13.3. The van der Waals surface area contributed by atoms with E-state index in [4.69, 9.17) is 14.5 Å². The number of hydrogen-bond acceptors (Lipinski definition) is 8. The van der Waals surface area contributed by atoms with Gasteiger partial charge in [0.05, 0.1) is 41.6 Å². The molecule has 12 heteroatoms. The number of benzene rings is 2. The van der Waals surface area contributed by atoms with Crippen molar-refractivity contribution in [1.29, 1.82) is 0 Å². The number of hydrogen-bond donors (Lipinski definition) is 2. The van der Waals surface area contributed by atoms with Crippen LogP contribution in [0.2, 0.25) is 0 Å². The highest BCUT2D eigenvalue weighted by molar-refractivity contribution is 7.20. The number of anilines is 2. The number of nitrogens with zero attached hydrogens (tertiary/aromatic N) is 3. The van der Waals surface area contributed by atoms with Crippen LogP contribution in [-0.4, -0.2) is 66.0 Å². The average molecular weight is 694 g/mol. The van der Waals surface area contributed by atoms with Gasteiger partial charge in [-0.1, -0.05) is 19.1 Å². The fourth-order valence-corrected chi connectivity index (χ4v) is 7.16. The van der Waals surface area contributed by atoms with E-state index >= 15 is 0 Å². The first kappa shape index (κ1) is 34.4. The SMILES string of the molecule is C/C=C\C1=C(CC)CN2C(=O)c3cc(OC)c(OCCCC(=O)Nc4cc(C(=O)Nc5ccc6sc(C=O)cc6c5)n(C)c4)cc3N=CC2C1. The Morgan fingerprint density at radius 3 is 2.70 bits per heavy atom. The summed E-state index contributed by atoms with van der Waals surface area (Å²) >= 11 is 1.39. The van der Waals surface area contributed by atoms with Crippen LogP contribution in [0.25, 0.3) is 10.1 Å². The van der Waals surface area contributed by atoms with Crippen molar-refractivity contribution in [1.82, 2.24) is 9.47 Å². The predicted octanol–water partition coefficient (Wildman–Crippen LogP) is 7.32. The van der Waals surface area contributed by atoms with Crippen molar-refractivity contribution in [2.45, 2.75) is 45.6 Å². The van der Waals surface area contributed by atoms with Crippen molar-refractivity contribution in [3.63, 3.8) is 0 Å². The molecule has 2 aliphatic heterocycles. The number of ether oxygens (including phenoxy) is 2. The van der Waals surface area contributed by atoms with Gasteiger partial charge in [0.25, 0.3) is 11.8 Å². The first-order chi connectivity index (χ1) is 24.2. The van der Waals surface area contributed by atoms with Crippen molar-refractivity contribution in [2.75, 3.05) is 30.9 Å². The minimum Gasteiger partial charge on any atom is -0.493 e. The number of thiophene rings is 1. The molecular weight excluding hydrogens is 655 g/mol. The lowest BCUT2D eigenvalue weighted by Gasteiger charge is -2.35. The zero-order valence-electron chi connectivity index (χ0n) is 28.4. The monoisotopic (exact) mass is 693 g/mol. The van der Waals surface area contributed by atoms with E-state index in [1.54, 1.807) is 48.1 Å². The topological polar surface area (TPSA) is 131 Å². The fourth-order valence-electron chi connectivity index (χ4n) is 6.30. The summed E-state index contributed by atoms with van der Waals surface area (Å²) in [6.07, 6.45) is 10.7. The van der Waals surface area contributed by atoms with Gasteiger partial charge in [0.1, 0.15) is 5.69 Å². The van der Waals surface area contributed by atoms with Crippen LogP contribution in [0, 0.1) is 0 Å². The number of amides is 3. The van der Waals surface area contributed by atoms with Crippen LogP contribution in [0.1, 0.15) is 70.0 Å². The molecule has 0 fully saturated rings. The zero-order valence-corrected chi connectivity index (χ0v) is 29.3. The van der Waals surface area contributed by atoms with Gasteiger partial charge in [-0.25, -0.2) is 0 Å². The molecule has 3 amide bonds. The van der Waals surface area contributed by atoms with Gasteiger partial charge in [-0.05, 0) is 79.1 Å². The molecule has 0 spiro atoms. The molecule has 0 radical (unpaired) electrons. The molecule has 4 aromatic rings. The minimum atomic E-state index is -0.330. The molecule has 1 unspecified atom stereocenters. The molecule has 258 valence electrons. The molecule has 2 N–H and O–H groups in total. The van der Waals surface area contributed by atoms with Gasteiger partial charge in [-0.3, -0.25) is 24.2 Å². The molecule has 11 nitrogen and oxygen atoms in total. The van der Waals surface area contributed by atoms with Crippen LogP contribution < -0.4 is 20.1 Å². The Hall–Kier alpha value is -5.49. The smallest absolute Gasteiger partial charge is 0.272 e. The van der Waals surface area contributed by atoms with Crippen molar-refractivity contribution < 1.29 is 28.7 Å². The number of fused-ring (bicyclic) bond motifs is 3. The van der Waals surface area contributed by atoms with Crippen LogP contribution >= 0.6 is 11.3 Å². The summed E-state index contributed by atoms with van der Waals surface area (Å²) in [6.45, 7) is 4.90. The van der Waals surface area contributed by atoms with Crippen molar-refractivity contribution in [2.24, 2.45) is 12.0 Å². The molecular formula is C38H39N5O6S. The Kier molecular flexibility index (Phi) is 10.3. The fraction of sp³-hybridized carbons (Fsp3) is 0.289. The maximum atomic E-state index is 13.7. The van der Waals surface area contributed by atoms with E-state index in [-0.39, 0.29) is 36.8 Å². The van der Waals surface area contributed by atoms with Crippen LogP contribution in [0.15, 0.2) is 77.0 Å². The molecule has 4 heterocycles. The van der Waals surface area contributed by atoms with Crippen molar-refractivity contribution in [3.05, 3.63) is 88.1 Å². The number of methoxy groups -OCH3 is 1. The Morgan fingerprint density at radius 1 is 1.10 bits per heavy atom. The van der Waals surface area contributed by atoms with E-state index in [9.17, 15) is 19.2 Å². The van der Waals surface area contributed by atoms with E-state index in [1.165, 1.54) is 29.6 Å². The minimum absolute atomic E-state index is 0.0925. The predicted molar refractivity (Wildman–Crippen MR) is 197 cm³/mol. The van der Waals surface area contributed by atoms with Gasteiger partial charge in [-0.15, -0.1) is 11.3 Å².